The quantitative estimate of drug-likeness (QED) is 0.239. The number of hydrogen-bond donors (Lipinski definition) is 1. The zero-order valence-electron chi connectivity index (χ0n) is 21.5. The van der Waals surface area contributed by atoms with Crippen LogP contribution < -0.4 is 4.90 Å². The summed E-state index contributed by atoms with van der Waals surface area (Å²) < 4.78 is 3.45. The number of phenols is 1. The summed E-state index contributed by atoms with van der Waals surface area (Å²) in [5.41, 5.74) is 2.01. The SMILES string of the molecule is C=CC1=CCC2C(=O)N(c3cc(-c4sc5ccc(Cl)cc5c4C)nn3C)C(=O)C2(C)C1c1cc(Br)ccc1O. The Bertz CT molecular complexity index is 1760. The average molecular weight is 623 g/mol. The Morgan fingerprint density at radius 1 is 1.23 bits per heavy atom. The number of aryl methyl sites for hydroxylation is 2. The van der Waals surface area contributed by atoms with Gasteiger partial charge in [0.15, 0.2) is 0 Å². The minimum atomic E-state index is -1.12. The Morgan fingerprint density at radius 3 is 2.74 bits per heavy atom. The molecule has 0 bridgehead atoms. The van der Waals surface area contributed by atoms with Crippen LogP contribution in [0.4, 0.5) is 5.82 Å². The van der Waals surface area contributed by atoms with Crippen molar-refractivity contribution in [2.75, 3.05) is 4.90 Å². The summed E-state index contributed by atoms with van der Waals surface area (Å²) in [6.45, 7) is 7.82. The summed E-state index contributed by atoms with van der Waals surface area (Å²) in [6.07, 6.45) is 4.08. The average Bonchev–Trinajstić information content (AvgIpc) is 3.50. The summed E-state index contributed by atoms with van der Waals surface area (Å²) in [7, 11) is 1.74. The Balaban J connectivity index is 1.46. The van der Waals surface area contributed by atoms with E-state index in [0.29, 0.717) is 28.5 Å². The Hall–Kier alpha value is -3.20. The summed E-state index contributed by atoms with van der Waals surface area (Å²) >= 11 is 11.3. The first-order valence-corrected chi connectivity index (χ1v) is 14.5. The van der Waals surface area contributed by atoms with E-state index in [2.05, 4.69) is 22.5 Å². The molecule has 1 aliphatic carbocycles. The van der Waals surface area contributed by atoms with E-state index in [0.717, 1.165) is 30.6 Å². The topological polar surface area (TPSA) is 75.4 Å². The predicted octanol–water partition coefficient (Wildman–Crippen LogP) is 7.53. The molecule has 2 aliphatic rings. The normalized spacial score (nSPS) is 22.9. The van der Waals surface area contributed by atoms with Crippen molar-refractivity contribution in [3.05, 3.63) is 87.4 Å². The fourth-order valence-corrected chi connectivity index (χ4v) is 7.88. The number of carbonyl (C=O) groups excluding carboxylic acids is 2. The number of halogens is 2. The van der Waals surface area contributed by atoms with Crippen molar-refractivity contribution in [2.45, 2.75) is 26.2 Å². The number of anilines is 1. The number of amides is 2. The fraction of sp³-hybridized carbons (Fsp3) is 0.233. The second kappa shape index (κ2) is 9.18. The lowest BCUT2D eigenvalue weighted by atomic mass is 9.60. The van der Waals surface area contributed by atoms with Gasteiger partial charge in [0.1, 0.15) is 17.3 Å². The molecule has 4 aromatic rings. The molecule has 6 rings (SSSR count). The van der Waals surface area contributed by atoms with Crippen molar-refractivity contribution in [1.82, 2.24) is 9.78 Å². The smallest absolute Gasteiger partial charge is 0.242 e. The number of hydrogen-bond acceptors (Lipinski definition) is 5. The first kappa shape index (κ1) is 26.0. The number of rotatable bonds is 4. The minimum absolute atomic E-state index is 0.0692. The van der Waals surface area contributed by atoms with Crippen molar-refractivity contribution in [3.8, 4) is 16.3 Å². The standard InChI is InChI=1S/C30H25BrClN3O3S/c1-5-16-6-9-21-28(37)35(29(38)30(21,3)26(16)20-12-17(31)7-10-23(20)36)25-14-22(33-34(25)4)27-15(2)19-13-18(32)8-11-24(19)39-27/h5-8,10-14,21,26,36H,1,9H2,2-4H3. The summed E-state index contributed by atoms with van der Waals surface area (Å²) in [5.74, 6) is -1.24. The second-order valence-electron chi connectivity index (χ2n) is 10.3. The van der Waals surface area contributed by atoms with Crippen molar-refractivity contribution in [1.29, 1.82) is 0 Å². The number of thiophene rings is 1. The molecule has 0 spiro atoms. The third-order valence-electron chi connectivity index (χ3n) is 8.18. The minimum Gasteiger partial charge on any atom is -0.508 e. The predicted molar refractivity (Wildman–Crippen MR) is 159 cm³/mol. The van der Waals surface area contributed by atoms with Crippen molar-refractivity contribution in [2.24, 2.45) is 18.4 Å². The zero-order chi connectivity index (χ0) is 27.8. The van der Waals surface area contributed by atoms with E-state index in [1.165, 1.54) is 4.90 Å². The molecule has 39 heavy (non-hydrogen) atoms. The summed E-state index contributed by atoms with van der Waals surface area (Å²) in [5, 5.41) is 17.3. The molecule has 1 aliphatic heterocycles. The van der Waals surface area contributed by atoms with Gasteiger partial charge in [-0.25, -0.2) is 4.90 Å². The Kier molecular flexibility index (Phi) is 6.13. The van der Waals surface area contributed by atoms with Gasteiger partial charge in [-0.2, -0.15) is 5.10 Å². The number of carbonyl (C=O) groups is 2. The van der Waals surface area contributed by atoms with Crippen LogP contribution in [0.3, 0.4) is 0 Å². The van der Waals surface area contributed by atoms with Gasteiger partial charge in [0, 0.05) is 38.8 Å². The van der Waals surface area contributed by atoms with E-state index in [9.17, 15) is 14.7 Å². The number of aromatic nitrogens is 2. The maximum absolute atomic E-state index is 14.4. The van der Waals surface area contributed by atoms with Crippen LogP contribution in [0, 0.1) is 18.3 Å². The van der Waals surface area contributed by atoms with Crippen LogP contribution in [0.25, 0.3) is 20.7 Å². The van der Waals surface area contributed by atoms with E-state index in [1.54, 1.807) is 41.3 Å². The van der Waals surface area contributed by atoms with Gasteiger partial charge < -0.3 is 5.11 Å². The van der Waals surface area contributed by atoms with E-state index >= 15 is 0 Å². The molecule has 1 N–H and O–H groups in total. The van der Waals surface area contributed by atoms with Crippen LogP contribution in [0.5, 0.6) is 5.75 Å². The molecule has 0 radical (unpaired) electrons. The van der Waals surface area contributed by atoms with Crippen LogP contribution in [0.1, 0.15) is 30.4 Å². The highest BCUT2D eigenvalue weighted by molar-refractivity contribution is 9.10. The number of aromatic hydroxyl groups is 1. The van der Waals surface area contributed by atoms with E-state index < -0.39 is 17.3 Å². The number of allylic oxidation sites excluding steroid dienone is 3. The largest absolute Gasteiger partial charge is 0.508 e. The van der Waals surface area contributed by atoms with Crippen molar-refractivity contribution in [3.63, 3.8) is 0 Å². The highest BCUT2D eigenvalue weighted by atomic mass is 79.9. The van der Waals surface area contributed by atoms with Crippen molar-refractivity contribution >= 4 is 66.6 Å². The van der Waals surface area contributed by atoms with Gasteiger partial charge in [0.05, 0.1) is 16.2 Å². The zero-order valence-corrected chi connectivity index (χ0v) is 24.7. The molecule has 2 amide bonds. The van der Waals surface area contributed by atoms with Crippen LogP contribution in [0.15, 0.2) is 71.2 Å². The molecule has 0 saturated carbocycles. The van der Waals surface area contributed by atoms with Crippen molar-refractivity contribution < 1.29 is 14.7 Å². The molecule has 3 unspecified atom stereocenters. The van der Waals surface area contributed by atoms with Crippen LogP contribution in [-0.4, -0.2) is 26.7 Å². The number of benzene rings is 2. The fourth-order valence-electron chi connectivity index (χ4n) is 6.18. The molecule has 3 atom stereocenters. The summed E-state index contributed by atoms with van der Waals surface area (Å²) in [6, 6.07) is 12.8. The third kappa shape index (κ3) is 3.76. The van der Waals surface area contributed by atoms with Crippen LogP contribution in [0.2, 0.25) is 5.02 Å². The molecule has 2 aromatic carbocycles. The van der Waals surface area contributed by atoms with Gasteiger partial charge in [-0.15, -0.1) is 11.3 Å². The molecule has 3 heterocycles. The maximum atomic E-state index is 14.4. The van der Waals surface area contributed by atoms with E-state index in [1.807, 2.05) is 50.3 Å². The third-order valence-corrected chi connectivity index (χ3v) is 10.2. The lowest BCUT2D eigenvalue weighted by Crippen LogP contribution is -2.42. The Morgan fingerprint density at radius 2 is 2.00 bits per heavy atom. The Labute approximate surface area is 243 Å². The molecule has 9 heteroatoms. The monoisotopic (exact) mass is 621 g/mol. The molecule has 1 saturated heterocycles. The lowest BCUT2D eigenvalue weighted by molar-refractivity contribution is -0.127. The molecule has 1 fully saturated rings. The first-order valence-electron chi connectivity index (χ1n) is 12.5. The molecular weight excluding hydrogens is 598 g/mol. The number of phenolic OH excluding ortho intramolecular Hbond substituents is 1. The van der Waals surface area contributed by atoms with E-state index in [-0.39, 0.29) is 17.6 Å². The van der Waals surface area contributed by atoms with Gasteiger partial charge in [0.2, 0.25) is 11.8 Å². The molecular formula is C30H25BrClN3O3S. The highest BCUT2D eigenvalue weighted by Gasteiger charge is 2.63. The second-order valence-corrected chi connectivity index (χ2v) is 12.7. The maximum Gasteiger partial charge on any atom is 0.242 e. The lowest BCUT2D eigenvalue weighted by Gasteiger charge is -2.40. The number of fused-ring (bicyclic) bond motifs is 2. The number of nitrogens with zero attached hydrogens (tertiary/aromatic N) is 3. The van der Waals surface area contributed by atoms with E-state index in [4.69, 9.17) is 16.7 Å². The number of imide groups is 1. The first-order chi connectivity index (χ1) is 18.6. The van der Waals surface area contributed by atoms with Crippen LogP contribution >= 0.6 is 38.9 Å². The molecule has 2 aromatic heterocycles. The van der Waals surface area contributed by atoms with Gasteiger partial charge in [-0.1, -0.05) is 46.3 Å². The van der Waals surface area contributed by atoms with Gasteiger partial charge >= 0.3 is 0 Å². The highest BCUT2D eigenvalue weighted by Crippen LogP contribution is 2.58. The van der Waals surface area contributed by atoms with Gasteiger partial charge in [-0.05, 0) is 73.2 Å². The van der Waals surface area contributed by atoms with Gasteiger partial charge in [-0.3, -0.25) is 14.3 Å². The van der Waals surface area contributed by atoms with Gasteiger partial charge in [0.25, 0.3) is 0 Å². The molecule has 198 valence electrons. The molecule has 6 nitrogen and oxygen atoms in total. The summed E-state index contributed by atoms with van der Waals surface area (Å²) in [4.78, 5) is 30.5. The van der Waals surface area contributed by atoms with Crippen LogP contribution in [-0.2, 0) is 16.6 Å².